The maximum atomic E-state index is 8.95. The lowest BCUT2D eigenvalue weighted by molar-refractivity contribution is 0.400. The topological polar surface area (TPSA) is 35.8 Å². The van der Waals surface area contributed by atoms with Crippen molar-refractivity contribution in [2.75, 3.05) is 13.1 Å². The molecule has 0 bridgehead atoms. The van der Waals surface area contributed by atoms with Gasteiger partial charge in [0.25, 0.3) is 0 Å². The maximum Gasteiger partial charge on any atom is 0.0697 e. The van der Waals surface area contributed by atoms with Crippen LogP contribution in [0.1, 0.15) is 32.6 Å². The summed E-state index contributed by atoms with van der Waals surface area (Å²) in [5.41, 5.74) is -0.200. The number of nitrogens with one attached hydrogen (secondary N) is 1. The minimum absolute atomic E-state index is 0.0994. The number of halogens is 1. The molecule has 2 nitrogen and oxygen atoms in total. The quantitative estimate of drug-likeness (QED) is 0.894. The van der Waals surface area contributed by atoms with Crippen LogP contribution in [0.3, 0.4) is 0 Å². The summed E-state index contributed by atoms with van der Waals surface area (Å²) in [5.74, 6) is 0. The third-order valence-electron chi connectivity index (χ3n) is 2.67. The molecule has 1 heterocycles. The summed E-state index contributed by atoms with van der Waals surface area (Å²) in [4.78, 5) is 1.35. The van der Waals surface area contributed by atoms with Crippen LogP contribution >= 0.6 is 27.3 Å². The number of rotatable bonds is 5. The van der Waals surface area contributed by atoms with Crippen LogP contribution in [0.15, 0.2) is 15.9 Å². The molecule has 0 atom stereocenters. The van der Waals surface area contributed by atoms with Crippen LogP contribution in [0, 0.1) is 16.7 Å². The number of hydrogen-bond donors (Lipinski definition) is 1. The summed E-state index contributed by atoms with van der Waals surface area (Å²) >= 11 is 5.25. The monoisotopic (exact) mass is 314 g/mol. The van der Waals surface area contributed by atoms with Crippen molar-refractivity contribution in [1.82, 2.24) is 5.32 Å². The first kappa shape index (κ1) is 14.7. The molecule has 0 saturated carbocycles. The molecule has 0 aliphatic heterocycles. The van der Waals surface area contributed by atoms with Gasteiger partial charge in [0.2, 0.25) is 0 Å². The van der Waals surface area contributed by atoms with Gasteiger partial charge in [-0.15, -0.1) is 11.3 Å². The minimum atomic E-state index is -0.299. The molecule has 0 spiro atoms. The first-order valence-electron chi connectivity index (χ1n) is 5.63. The van der Waals surface area contributed by atoms with E-state index in [1.54, 1.807) is 11.3 Å². The van der Waals surface area contributed by atoms with Crippen molar-refractivity contribution in [1.29, 1.82) is 5.26 Å². The Balaban J connectivity index is 2.54. The van der Waals surface area contributed by atoms with E-state index in [1.807, 2.05) is 13.8 Å². The third-order valence-corrected chi connectivity index (χ3v) is 4.73. The van der Waals surface area contributed by atoms with Crippen molar-refractivity contribution in [3.63, 3.8) is 0 Å². The Kier molecular flexibility index (Phi) is 4.77. The van der Waals surface area contributed by atoms with Crippen molar-refractivity contribution in [3.05, 3.63) is 20.8 Å². The Labute approximate surface area is 116 Å². The van der Waals surface area contributed by atoms with Crippen LogP contribution in [0.25, 0.3) is 0 Å². The number of thiophene rings is 1. The number of nitriles is 1. The highest BCUT2D eigenvalue weighted by molar-refractivity contribution is 9.10. The summed E-state index contributed by atoms with van der Waals surface area (Å²) in [7, 11) is 0. The average molecular weight is 315 g/mol. The molecule has 0 amide bonds. The summed E-state index contributed by atoms with van der Waals surface area (Å²) in [6, 6.07) is 4.47. The molecular weight excluding hydrogens is 296 g/mol. The first-order valence-corrected chi connectivity index (χ1v) is 7.31. The Morgan fingerprint density at radius 1 is 1.35 bits per heavy atom. The lowest BCUT2D eigenvalue weighted by Crippen LogP contribution is -2.37. The van der Waals surface area contributed by atoms with Gasteiger partial charge in [-0.3, -0.25) is 0 Å². The fraction of sp³-hybridized carbons (Fsp3) is 0.615. The molecule has 17 heavy (non-hydrogen) atoms. The largest absolute Gasteiger partial charge is 0.314 e. The molecule has 0 aromatic carbocycles. The van der Waals surface area contributed by atoms with Crippen LogP contribution in [0.2, 0.25) is 0 Å². The summed E-state index contributed by atoms with van der Waals surface area (Å²) in [6.45, 7) is 9.95. The summed E-state index contributed by atoms with van der Waals surface area (Å²) in [5, 5.41) is 14.5. The fourth-order valence-electron chi connectivity index (χ4n) is 1.48. The molecule has 0 fully saturated rings. The van der Waals surface area contributed by atoms with Gasteiger partial charge in [-0.05, 0) is 35.8 Å². The van der Waals surface area contributed by atoms with E-state index in [1.165, 1.54) is 4.88 Å². The maximum absolute atomic E-state index is 8.95. The molecule has 0 aliphatic carbocycles. The number of hydrogen-bond acceptors (Lipinski definition) is 3. The van der Waals surface area contributed by atoms with Gasteiger partial charge in [-0.1, -0.05) is 13.8 Å². The first-order chi connectivity index (χ1) is 7.77. The normalized spacial score (nSPS) is 12.5. The van der Waals surface area contributed by atoms with E-state index < -0.39 is 0 Å². The predicted molar refractivity (Wildman–Crippen MR) is 77.3 cm³/mol. The van der Waals surface area contributed by atoms with E-state index in [-0.39, 0.29) is 10.8 Å². The average Bonchev–Trinajstić information content (AvgIpc) is 2.65. The summed E-state index contributed by atoms with van der Waals surface area (Å²) in [6.07, 6.45) is 0. The van der Waals surface area contributed by atoms with E-state index in [9.17, 15) is 0 Å². The Hall–Kier alpha value is -0.370. The minimum Gasteiger partial charge on any atom is -0.314 e. The SMILES string of the molecule is CC(C)(C#N)CNCC(C)(C)c1cc(Br)cs1. The molecule has 4 heteroatoms. The van der Waals surface area contributed by atoms with Gasteiger partial charge < -0.3 is 5.32 Å². The van der Waals surface area contributed by atoms with Gasteiger partial charge in [-0.25, -0.2) is 0 Å². The zero-order chi connectivity index (χ0) is 13.1. The molecule has 1 N–H and O–H groups in total. The smallest absolute Gasteiger partial charge is 0.0697 e. The molecular formula is C13H19BrN2S. The van der Waals surface area contributed by atoms with Gasteiger partial charge >= 0.3 is 0 Å². The molecule has 1 aromatic heterocycles. The lowest BCUT2D eigenvalue weighted by Gasteiger charge is -2.26. The predicted octanol–water partition coefficient (Wildman–Crippen LogP) is 3.93. The molecule has 0 unspecified atom stereocenters. The van der Waals surface area contributed by atoms with Crippen LogP contribution in [-0.2, 0) is 5.41 Å². The van der Waals surface area contributed by atoms with Gasteiger partial charge in [0, 0.05) is 33.2 Å². The van der Waals surface area contributed by atoms with Crippen molar-refractivity contribution in [2.45, 2.75) is 33.1 Å². The van der Waals surface area contributed by atoms with Crippen LogP contribution in [-0.4, -0.2) is 13.1 Å². The lowest BCUT2D eigenvalue weighted by atomic mass is 9.90. The van der Waals surface area contributed by atoms with Crippen molar-refractivity contribution in [2.24, 2.45) is 5.41 Å². The van der Waals surface area contributed by atoms with Crippen molar-refractivity contribution < 1.29 is 0 Å². The fourth-order valence-corrected chi connectivity index (χ4v) is 3.04. The van der Waals surface area contributed by atoms with E-state index in [0.29, 0.717) is 0 Å². The summed E-state index contributed by atoms with van der Waals surface area (Å²) < 4.78 is 1.14. The highest BCUT2D eigenvalue weighted by Gasteiger charge is 2.24. The van der Waals surface area contributed by atoms with Crippen molar-refractivity contribution in [3.8, 4) is 6.07 Å². The number of nitrogens with zero attached hydrogens (tertiary/aromatic N) is 1. The van der Waals surface area contributed by atoms with Crippen LogP contribution in [0.5, 0.6) is 0 Å². The molecule has 0 radical (unpaired) electrons. The van der Waals surface area contributed by atoms with E-state index in [2.05, 4.69) is 52.6 Å². The Morgan fingerprint density at radius 3 is 2.47 bits per heavy atom. The van der Waals surface area contributed by atoms with Gasteiger partial charge in [-0.2, -0.15) is 5.26 Å². The van der Waals surface area contributed by atoms with Gasteiger partial charge in [0.15, 0.2) is 0 Å². The van der Waals surface area contributed by atoms with Crippen LogP contribution in [0.4, 0.5) is 0 Å². The second kappa shape index (κ2) is 5.51. The van der Waals surface area contributed by atoms with E-state index in [0.717, 1.165) is 17.6 Å². The zero-order valence-corrected chi connectivity index (χ0v) is 13.2. The Morgan fingerprint density at radius 2 is 2.00 bits per heavy atom. The zero-order valence-electron chi connectivity index (χ0n) is 10.8. The standard InChI is InChI=1S/C13H19BrN2S/c1-12(2,7-15)8-16-9-13(3,4)11-5-10(14)6-17-11/h5-6,16H,8-9H2,1-4H3. The molecule has 0 saturated heterocycles. The highest BCUT2D eigenvalue weighted by Crippen LogP contribution is 2.31. The van der Waals surface area contributed by atoms with Gasteiger partial charge in [0.1, 0.15) is 0 Å². The van der Waals surface area contributed by atoms with E-state index >= 15 is 0 Å². The molecule has 1 aromatic rings. The van der Waals surface area contributed by atoms with E-state index in [4.69, 9.17) is 5.26 Å². The highest BCUT2D eigenvalue weighted by atomic mass is 79.9. The second-order valence-corrected chi connectivity index (χ2v) is 7.44. The van der Waals surface area contributed by atoms with Crippen molar-refractivity contribution >= 4 is 27.3 Å². The third kappa shape index (κ3) is 4.42. The van der Waals surface area contributed by atoms with Crippen LogP contribution < -0.4 is 5.32 Å². The molecule has 0 aliphatic rings. The second-order valence-electron chi connectivity index (χ2n) is 5.61. The molecule has 1 rings (SSSR count). The Bertz CT molecular complexity index is 415. The molecule has 94 valence electrons. The van der Waals surface area contributed by atoms with Gasteiger partial charge in [0.05, 0.1) is 11.5 Å².